The molecule has 0 spiro atoms. The second-order valence-electron chi connectivity index (χ2n) is 4.17. The average molecular weight is 230 g/mol. The van der Waals surface area contributed by atoms with E-state index < -0.39 is 0 Å². The van der Waals surface area contributed by atoms with Crippen molar-refractivity contribution in [3.63, 3.8) is 0 Å². The molecule has 2 aromatic rings. The zero-order valence-corrected chi connectivity index (χ0v) is 10.0. The van der Waals surface area contributed by atoms with Gasteiger partial charge in [-0.3, -0.25) is 4.68 Å². The summed E-state index contributed by atoms with van der Waals surface area (Å²) < 4.78 is 1.77. The number of hydrogen-bond acceptors (Lipinski definition) is 3. The van der Waals surface area contributed by atoms with Crippen molar-refractivity contribution < 1.29 is 0 Å². The molecule has 0 radical (unpaired) electrons. The Morgan fingerprint density at radius 2 is 2.12 bits per heavy atom. The van der Waals surface area contributed by atoms with Crippen LogP contribution in [0.5, 0.6) is 0 Å². The Morgan fingerprint density at radius 1 is 1.35 bits per heavy atom. The van der Waals surface area contributed by atoms with Crippen LogP contribution in [0.25, 0.3) is 0 Å². The van der Waals surface area contributed by atoms with Gasteiger partial charge in [0.25, 0.3) is 0 Å². The minimum Gasteiger partial charge on any atom is -0.323 e. The fraction of sp³-hybridized carbons (Fsp3) is 0.308. The second kappa shape index (κ2) is 5.61. The fourth-order valence-corrected chi connectivity index (χ4v) is 1.72. The van der Waals surface area contributed by atoms with E-state index in [-0.39, 0.29) is 6.04 Å². The van der Waals surface area contributed by atoms with E-state index in [1.54, 1.807) is 4.68 Å². The van der Waals surface area contributed by atoms with E-state index in [2.05, 4.69) is 22.5 Å². The highest BCUT2D eigenvalue weighted by Gasteiger charge is 2.06. The van der Waals surface area contributed by atoms with E-state index in [9.17, 15) is 0 Å². The largest absolute Gasteiger partial charge is 0.323 e. The van der Waals surface area contributed by atoms with Gasteiger partial charge in [0.2, 0.25) is 0 Å². The molecular formula is C13H18N4. The van der Waals surface area contributed by atoms with Crippen molar-refractivity contribution in [3.05, 3.63) is 53.9 Å². The molecule has 0 fully saturated rings. The van der Waals surface area contributed by atoms with Gasteiger partial charge in [-0.1, -0.05) is 30.3 Å². The van der Waals surface area contributed by atoms with Gasteiger partial charge < -0.3 is 11.1 Å². The van der Waals surface area contributed by atoms with Crippen LogP contribution in [0.4, 0.5) is 0 Å². The molecule has 1 aromatic carbocycles. The first-order chi connectivity index (χ1) is 8.25. The number of aryl methyl sites for hydroxylation is 1. The number of rotatable bonds is 5. The lowest BCUT2D eigenvalue weighted by molar-refractivity contribution is 0.597. The predicted octanol–water partition coefficient (Wildman–Crippen LogP) is 1.21. The molecule has 0 amide bonds. The van der Waals surface area contributed by atoms with Gasteiger partial charge in [-0.05, 0) is 5.56 Å². The molecule has 0 aliphatic heterocycles. The molecule has 0 bridgehead atoms. The maximum absolute atomic E-state index is 6.06. The van der Waals surface area contributed by atoms with Gasteiger partial charge in [0.1, 0.15) is 0 Å². The lowest BCUT2D eigenvalue weighted by atomic mass is 10.1. The third kappa shape index (κ3) is 3.41. The molecule has 4 nitrogen and oxygen atoms in total. The number of aromatic nitrogens is 2. The third-order valence-corrected chi connectivity index (χ3v) is 2.69. The van der Waals surface area contributed by atoms with Gasteiger partial charge in [-0.2, -0.15) is 5.10 Å². The Hall–Kier alpha value is -1.65. The van der Waals surface area contributed by atoms with Crippen LogP contribution in [-0.2, 0) is 13.6 Å². The van der Waals surface area contributed by atoms with Crippen LogP contribution in [0.15, 0.2) is 42.7 Å². The number of nitrogens with zero attached hydrogens (tertiary/aromatic N) is 2. The monoisotopic (exact) mass is 230 g/mol. The summed E-state index contributed by atoms with van der Waals surface area (Å²) in [7, 11) is 1.90. The van der Waals surface area contributed by atoms with Crippen molar-refractivity contribution in [3.8, 4) is 0 Å². The quantitative estimate of drug-likeness (QED) is 0.811. The van der Waals surface area contributed by atoms with E-state index in [1.807, 2.05) is 37.6 Å². The smallest absolute Gasteiger partial charge is 0.0537 e. The molecule has 0 saturated carbocycles. The van der Waals surface area contributed by atoms with Crippen molar-refractivity contribution in [1.29, 1.82) is 0 Å². The molecule has 1 aromatic heterocycles. The van der Waals surface area contributed by atoms with Crippen LogP contribution in [0.2, 0.25) is 0 Å². The fourth-order valence-electron chi connectivity index (χ4n) is 1.72. The highest BCUT2D eigenvalue weighted by atomic mass is 15.2. The summed E-state index contributed by atoms with van der Waals surface area (Å²) in [6, 6.07) is 10.3. The lowest BCUT2D eigenvalue weighted by Gasteiger charge is -2.10. The van der Waals surface area contributed by atoms with E-state index in [4.69, 9.17) is 5.73 Å². The number of nitrogens with two attached hydrogens (primary N) is 1. The Kier molecular flexibility index (Phi) is 3.90. The van der Waals surface area contributed by atoms with Crippen molar-refractivity contribution in [2.45, 2.75) is 12.6 Å². The van der Waals surface area contributed by atoms with Crippen LogP contribution >= 0.6 is 0 Å². The lowest BCUT2D eigenvalue weighted by Crippen LogP contribution is -2.26. The third-order valence-electron chi connectivity index (χ3n) is 2.69. The van der Waals surface area contributed by atoms with Gasteiger partial charge in [0.15, 0.2) is 0 Å². The first kappa shape index (κ1) is 11.8. The van der Waals surface area contributed by atoms with Crippen LogP contribution in [-0.4, -0.2) is 16.3 Å². The maximum atomic E-state index is 6.06. The standard InChI is InChI=1S/C13H18N4/c1-17-10-12(8-16-17)13(14)9-15-7-11-5-3-2-4-6-11/h2-6,8,10,13,15H,7,9,14H2,1H3. The SMILES string of the molecule is Cn1cc(C(N)CNCc2ccccc2)cn1. The van der Waals surface area contributed by atoms with E-state index in [0.717, 1.165) is 18.7 Å². The predicted molar refractivity (Wildman–Crippen MR) is 68.3 cm³/mol. The van der Waals surface area contributed by atoms with Gasteiger partial charge in [0, 0.05) is 37.9 Å². The summed E-state index contributed by atoms with van der Waals surface area (Å²) in [6.45, 7) is 1.59. The van der Waals surface area contributed by atoms with Gasteiger partial charge in [-0.25, -0.2) is 0 Å². The molecule has 4 heteroatoms. The summed E-state index contributed by atoms with van der Waals surface area (Å²) in [4.78, 5) is 0. The van der Waals surface area contributed by atoms with Gasteiger partial charge in [-0.15, -0.1) is 0 Å². The van der Waals surface area contributed by atoms with Crippen molar-refractivity contribution in [2.75, 3.05) is 6.54 Å². The zero-order valence-electron chi connectivity index (χ0n) is 10.0. The Bertz CT molecular complexity index is 449. The summed E-state index contributed by atoms with van der Waals surface area (Å²) in [5.74, 6) is 0. The number of benzene rings is 1. The average Bonchev–Trinajstić information content (AvgIpc) is 2.77. The van der Waals surface area contributed by atoms with Crippen molar-refractivity contribution in [1.82, 2.24) is 15.1 Å². The first-order valence-electron chi connectivity index (χ1n) is 5.74. The van der Waals surface area contributed by atoms with Crippen LogP contribution in [0.3, 0.4) is 0 Å². The summed E-state index contributed by atoms with van der Waals surface area (Å²) in [5, 5.41) is 7.46. The topological polar surface area (TPSA) is 55.9 Å². The highest BCUT2D eigenvalue weighted by Crippen LogP contribution is 2.07. The van der Waals surface area contributed by atoms with Crippen molar-refractivity contribution in [2.24, 2.45) is 12.8 Å². The number of nitrogens with one attached hydrogen (secondary N) is 1. The molecule has 0 saturated heterocycles. The second-order valence-corrected chi connectivity index (χ2v) is 4.17. The Labute approximate surface area is 101 Å². The van der Waals surface area contributed by atoms with Gasteiger partial charge >= 0.3 is 0 Å². The molecule has 1 unspecified atom stereocenters. The molecule has 0 aliphatic carbocycles. The van der Waals surface area contributed by atoms with Crippen LogP contribution in [0.1, 0.15) is 17.2 Å². The van der Waals surface area contributed by atoms with E-state index in [0.29, 0.717) is 0 Å². The molecule has 2 rings (SSSR count). The molecule has 0 aliphatic rings. The van der Waals surface area contributed by atoms with E-state index in [1.165, 1.54) is 5.56 Å². The zero-order chi connectivity index (χ0) is 12.1. The Morgan fingerprint density at radius 3 is 2.76 bits per heavy atom. The van der Waals surface area contributed by atoms with Crippen LogP contribution in [0, 0.1) is 0 Å². The summed E-state index contributed by atoms with van der Waals surface area (Å²) in [6.07, 6.45) is 3.77. The molecule has 90 valence electrons. The van der Waals surface area contributed by atoms with Gasteiger partial charge in [0.05, 0.1) is 6.20 Å². The molecule has 1 atom stereocenters. The van der Waals surface area contributed by atoms with Crippen molar-refractivity contribution >= 4 is 0 Å². The summed E-state index contributed by atoms with van der Waals surface area (Å²) in [5.41, 5.74) is 8.39. The Balaban J connectivity index is 1.79. The highest BCUT2D eigenvalue weighted by molar-refractivity contribution is 5.14. The molecule has 17 heavy (non-hydrogen) atoms. The molecular weight excluding hydrogens is 212 g/mol. The summed E-state index contributed by atoms with van der Waals surface area (Å²) >= 11 is 0. The molecule has 1 heterocycles. The van der Waals surface area contributed by atoms with E-state index >= 15 is 0 Å². The number of hydrogen-bond donors (Lipinski definition) is 2. The first-order valence-corrected chi connectivity index (χ1v) is 5.74. The molecule has 3 N–H and O–H groups in total. The minimum absolute atomic E-state index is 0.00703. The maximum Gasteiger partial charge on any atom is 0.0537 e. The van der Waals surface area contributed by atoms with Crippen LogP contribution < -0.4 is 11.1 Å². The minimum atomic E-state index is -0.00703. The normalized spacial score (nSPS) is 12.6.